The molecule has 0 saturated heterocycles. The summed E-state index contributed by atoms with van der Waals surface area (Å²) in [5.74, 6) is 0.949. The molecule has 0 fully saturated rings. The van der Waals surface area contributed by atoms with Crippen LogP contribution in [0.5, 0.6) is 5.75 Å². The summed E-state index contributed by atoms with van der Waals surface area (Å²) in [4.78, 5) is 0. The molecule has 1 aromatic heterocycles. The summed E-state index contributed by atoms with van der Waals surface area (Å²) >= 11 is 5.34. The lowest BCUT2D eigenvalue weighted by Crippen LogP contribution is -2.22. The second-order valence-electron chi connectivity index (χ2n) is 4.74. The van der Waals surface area contributed by atoms with Crippen molar-refractivity contribution in [3.8, 4) is 5.75 Å². The highest BCUT2D eigenvalue weighted by molar-refractivity contribution is 9.10. The fraction of sp³-hybridized carbons (Fsp3) is 0.375. The maximum atomic E-state index is 5.85. The van der Waals surface area contributed by atoms with E-state index < -0.39 is 0 Å². The molecular formula is C16H20BrNOS. The lowest BCUT2D eigenvalue weighted by Gasteiger charge is -2.18. The standard InChI is InChI=1S/C16H20BrNOS/c1-3-18-16(14-10-20-11-15(14)17)7-8-19-13-6-4-5-12(2)9-13/h4-6,9-11,16,18H,3,7-8H2,1-2H3. The van der Waals surface area contributed by atoms with Crippen molar-refractivity contribution in [2.24, 2.45) is 0 Å². The van der Waals surface area contributed by atoms with E-state index in [1.54, 1.807) is 11.3 Å². The quantitative estimate of drug-likeness (QED) is 0.761. The van der Waals surface area contributed by atoms with Crippen LogP contribution in [0.4, 0.5) is 0 Å². The number of nitrogens with one attached hydrogen (secondary N) is 1. The van der Waals surface area contributed by atoms with Gasteiger partial charge in [-0.1, -0.05) is 19.1 Å². The largest absolute Gasteiger partial charge is 0.494 e. The van der Waals surface area contributed by atoms with E-state index in [1.807, 2.05) is 12.1 Å². The Morgan fingerprint density at radius 1 is 1.35 bits per heavy atom. The van der Waals surface area contributed by atoms with Gasteiger partial charge in [0.25, 0.3) is 0 Å². The Bertz CT molecular complexity index is 541. The Labute approximate surface area is 133 Å². The molecule has 1 unspecified atom stereocenters. The average Bonchev–Trinajstić information content (AvgIpc) is 2.84. The van der Waals surface area contributed by atoms with Crippen molar-refractivity contribution < 1.29 is 4.74 Å². The Morgan fingerprint density at radius 2 is 2.20 bits per heavy atom. The van der Waals surface area contributed by atoms with Gasteiger partial charge < -0.3 is 10.1 Å². The molecule has 2 rings (SSSR count). The van der Waals surface area contributed by atoms with Crippen molar-refractivity contribution >= 4 is 27.3 Å². The molecule has 1 atom stereocenters. The molecule has 2 aromatic rings. The van der Waals surface area contributed by atoms with Crippen LogP contribution in [0.2, 0.25) is 0 Å². The minimum absolute atomic E-state index is 0.338. The molecule has 0 spiro atoms. The molecule has 0 aliphatic carbocycles. The lowest BCUT2D eigenvalue weighted by molar-refractivity contribution is 0.287. The third-order valence-corrected chi connectivity index (χ3v) is 4.88. The summed E-state index contributed by atoms with van der Waals surface area (Å²) < 4.78 is 7.03. The van der Waals surface area contributed by atoms with Gasteiger partial charge in [0.05, 0.1) is 6.61 Å². The summed E-state index contributed by atoms with van der Waals surface area (Å²) in [6, 6.07) is 8.53. The van der Waals surface area contributed by atoms with Crippen LogP contribution in [0.3, 0.4) is 0 Å². The molecule has 0 saturated carbocycles. The number of halogens is 1. The molecule has 1 N–H and O–H groups in total. The highest BCUT2D eigenvalue weighted by Gasteiger charge is 2.14. The third kappa shape index (κ3) is 4.33. The average molecular weight is 354 g/mol. The van der Waals surface area contributed by atoms with Crippen molar-refractivity contribution in [1.29, 1.82) is 0 Å². The van der Waals surface area contributed by atoms with Gasteiger partial charge in [-0.3, -0.25) is 0 Å². The molecule has 2 nitrogen and oxygen atoms in total. The molecule has 1 heterocycles. The number of benzene rings is 1. The SMILES string of the molecule is CCNC(CCOc1cccc(C)c1)c1cscc1Br. The minimum Gasteiger partial charge on any atom is -0.494 e. The molecule has 108 valence electrons. The summed E-state index contributed by atoms with van der Waals surface area (Å²) in [5, 5.41) is 7.84. The molecule has 0 amide bonds. The zero-order chi connectivity index (χ0) is 14.4. The zero-order valence-corrected chi connectivity index (χ0v) is 14.3. The summed E-state index contributed by atoms with van der Waals surface area (Å²) in [6.45, 7) is 5.88. The first-order chi connectivity index (χ1) is 9.70. The van der Waals surface area contributed by atoms with Crippen LogP contribution in [0.15, 0.2) is 39.5 Å². The van der Waals surface area contributed by atoms with Crippen molar-refractivity contribution in [2.75, 3.05) is 13.2 Å². The highest BCUT2D eigenvalue weighted by atomic mass is 79.9. The number of thiophene rings is 1. The highest BCUT2D eigenvalue weighted by Crippen LogP contribution is 2.29. The smallest absolute Gasteiger partial charge is 0.119 e. The van der Waals surface area contributed by atoms with Crippen LogP contribution in [-0.4, -0.2) is 13.2 Å². The van der Waals surface area contributed by atoms with Gasteiger partial charge in [-0.15, -0.1) is 0 Å². The van der Waals surface area contributed by atoms with E-state index in [4.69, 9.17) is 4.74 Å². The predicted octanol–water partition coefficient (Wildman–Crippen LogP) is 4.94. The Balaban J connectivity index is 1.91. The van der Waals surface area contributed by atoms with Crippen molar-refractivity contribution in [1.82, 2.24) is 5.32 Å². The van der Waals surface area contributed by atoms with Crippen LogP contribution in [0, 0.1) is 6.92 Å². The minimum atomic E-state index is 0.338. The number of rotatable bonds is 7. The fourth-order valence-electron chi connectivity index (χ4n) is 2.15. The lowest BCUT2D eigenvalue weighted by atomic mass is 10.1. The maximum Gasteiger partial charge on any atom is 0.119 e. The van der Waals surface area contributed by atoms with Crippen molar-refractivity contribution in [3.05, 3.63) is 50.6 Å². The summed E-state index contributed by atoms with van der Waals surface area (Å²) in [6.07, 6.45) is 0.955. The second kappa shape index (κ2) is 7.81. The van der Waals surface area contributed by atoms with Gasteiger partial charge in [-0.2, -0.15) is 11.3 Å². The van der Waals surface area contributed by atoms with Gasteiger partial charge in [-0.05, 0) is 58.0 Å². The molecule has 0 bridgehead atoms. The van der Waals surface area contributed by atoms with Gasteiger partial charge in [0.15, 0.2) is 0 Å². The zero-order valence-electron chi connectivity index (χ0n) is 11.9. The van der Waals surface area contributed by atoms with Crippen molar-refractivity contribution in [3.63, 3.8) is 0 Å². The first-order valence-electron chi connectivity index (χ1n) is 6.85. The van der Waals surface area contributed by atoms with Crippen LogP contribution in [-0.2, 0) is 0 Å². The first kappa shape index (κ1) is 15.5. The van der Waals surface area contributed by atoms with Crippen LogP contribution < -0.4 is 10.1 Å². The monoisotopic (exact) mass is 353 g/mol. The van der Waals surface area contributed by atoms with Gasteiger partial charge >= 0.3 is 0 Å². The summed E-state index contributed by atoms with van der Waals surface area (Å²) in [5.41, 5.74) is 2.55. The van der Waals surface area contributed by atoms with E-state index in [0.717, 1.165) is 18.7 Å². The van der Waals surface area contributed by atoms with Crippen LogP contribution in [0.25, 0.3) is 0 Å². The molecule has 0 aliphatic heterocycles. The van der Waals surface area contributed by atoms with Gasteiger partial charge in [-0.25, -0.2) is 0 Å². The van der Waals surface area contributed by atoms with E-state index in [0.29, 0.717) is 12.6 Å². The molecular weight excluding hydrogens is 334 g/mol. The molecule has 20 heavy (non-hydrogen) atoms. The number of ether oxygens (including phenoxy) is 1. The number of aryl methyl sites for hydroxylation is 1. The van der Waals surface area contributed by atoms with E-state index in [1.165, 1.54) is 15.6 Å². The topological polar surface area (TPSA) is 21.3 Å². The number of hydrogen-bond donors (Lipinski definition) is 1. The second-order valence-corrected chi connectivity index (χ2v) is 6.34. The van der Waals surface area contributed by atoms with Crippen molar-refractivity contribution in [2.45, 2.75) is 26.3 Å². The molecule has 1 aromatic carbocycles. The van der Waals surface area contributed by atoms with Crippen LogP contribution in [0.1, 0.15) is 30.5 Å². The Hall–Kier alpha value is -0.840. The van der Waals surface area contributed by atoms with Gasteiger partial charge in [0, 0.05) is 22.3 Å². The summed E-state index contributed by atoms with van der Waals surface area (Å²) in [7, 11) is 0. The fourth-order valence-corrected chi connectivity index (χ4v) is 3.78. The third-order valence-electron chi connectivity index (χ3n) is 3.13. The van der Waals surface area contributed by atoms with E-state index in [2.05, 4.69) is 58.0 Å². The van der Waals surface area contributed by atoms with Gasteiger partial charge in [0.2, 0.25) is 0 Å². The first-order valence-corrected chi connectivity index (χ1v) is 8.58. The molecule has 0 radical (unpaired) electrons. The maximum absolute atomic E-state index is 5.85. The predicted molar refractivity (Wildman–Crippen MR) is 89.7 cm³/mol. The van der Waals surface area contributed by atoms with Gasteiger partial charge in [0.1, 0.15) is 5.75 Å². The van der Waals surface area contributed by atoms with E-state index >= 15 is 0 Å². The van der Waals surface area contributed by atoms with E-state index in [-0.39, 0.29) is 0 Å². The molecule has 4 heteroatoms. The van der Waals surface area contributed by atoms with Crippen LogP contribution >= 0.6 is 27.3 Å². The van der Waals surface area contributed by atoms with E-state index in [9.17, 15) is 0 Å². The normalized spacial score (nSPS) is 12.3. The Morgan fingerprint density at radius 3 is 2.85 bits per heavy atom. The number of hydrogen-bond acceptors (Lipinski definition) is 3. The molecule has 0 aliphatic rings. The Kier molecular flexibility index (Phi) is 6.07.